The van der Waals surface area contributed by atoms with Crippen molar-refractivity contribution in [2.45, 2.75) is 79.8 Å². The largest absolute Gasteiger partial charge is 0.466 e. The van der Waals surface area contributed by atoms with Crippen molar-refractivity contribution in [1.82, 2.24) is 15.1 Å². The van der Waals surface area contributed by atoms with Crippen molar-refractivity contribution in [1.29, 1.82) is 0 Å². The molecule has 0 bridgehead atoms. The zero-order chi connectivity index (χ0) is 42.4. The molecule has 2 aliphatic heterocycles. The zero-order valence-corrected chi connectivity index (χ0v) is 35.7. The monoisotopic (exact) mass is 820 g/mol. The van der Waals surface area contributed by atoms with Crippen molar-refractivity contribution in [3.05, 3.63) is 43.8 Å². The molecular formula is C41H56N8O6S2. The lowest BCUT2D eigenvalue weighted by atomic mass is 10.1. The summed E-state index contributed by atoms with van der Waals surface area (Å²) in [6, 6.07) is 3.80. The van der Waals surface area contributed by atoms with Gasteiger partial charge in [-0.25, -0.2) is 14.8 Å². The molecule has 57 heavy (non-hydrogen) atoms. The van der Waals surface area contributed by atoms with Crippen LogP contribution in [-0.4, -0.2) is 96.8 Å². The fourth-order valence-corrected chi connectivity index (χ4v) is 6.60. The lowest BCUT2D eigenvalue weighted by molar-refractivity contribution is -0.140. The number of nitrogens with zero attached hydrogens (tertiary/aromatic N) is 4. The molecule has 0 saturated heterocycles. The number of rotatable bonds is 10. The Hall–Kier alpha value is -5.42. The van der Waals surface area contributed by atoms with Gasteiger partial charge in [0.25, 0.3) is 11.8 Å². The van der Waals surface area contributed by atoms with Crippen molar-refractivity contribution in [2.24, 2.45) is 27.2 Å². The molecule has 14 nitrogen and oxygen atoms in total. The van der Waals surface area contributed by atoms with Gasteiger partial charge in [-0.05, 0) is 75.6 Å². The normalized spacial score (nSPS) is 12.6. The predicted molar refractivity (Wildman–Crippen MR) is 231 cm³/mol. The average molecular weight is 821 g/mol. The second kappa shape index (κ2) is 25.0. The van der Waals surface area contributed by atoms with E-state index in [1.807, 2.05) is 48.9 Å². The molecule has 0 aromatic carbocycles. The first-order valence-electron chi connectivity index (χ1n) is 18.6. The summed E-state index contributed by atoms with van der Waals surface area (Å²) >= 11 is 3.08. The molecule has 0 spiro atoms. The van der Waals surface area contributed by atoms with E-state index >= 15 is 0 Å². The molecule has 4 heterocycles. The number of hydrogen-bond acceptors (Lipinski definition) is 13. The Bertz CT molecular complexity index is 1930. The van der Waals surface area contributed by atoms with Crippen LogP contribution in [-0.2, 0) is 23.9 Å². The van der Waals surface area contributed by atoms with Gasteiger partial charge in [0, 0.05) is 44.0 Å². The van der Waals surface area contributed by atoms with E-state index in [2.05, 4.69) is 43.7 Å². The summed E-state index contributed by atoms with van der Waals surface area (Å²) in [7, 11) is 0. The van der Waals surface area contributed by atoms with Crippen LogP contribution in [0.4, 0.5) is 16.2 Å². The van der Waals surface area contributed by atoms with Crippen LogP contribution in [0.3, 0.4) is 0 Å². The fraction of sp³-hybridized carbons (Fsp3) is 0.463. The maximum absolute atomic E-state index is 13.0. The quantitative estimate of drug-likeness (QED) is 0.174. The first kappa shape index (κ1) is 47.7. The summed E-state index contributed by atoms with van der Waals surface area (Å²) in [4.78, 5) is 61.3. The van der Waals surface area contributed by atoms with Gasteiger partial charge in [0.15, 0.2) is 0 Å². The number of thiophene rings is 2. The van der Waals surface area contributed by atoms with Crippen molar-refractivity contribution in [3.63, 3.8) is 0 Å². The van der Waals surface area contributed by atoms with Gasteiger partial charge in [0.2, 0.25) is 0 Å². The number of esters is 1. The summed E-state index contributed by atoms with van der Waals surface area (Å²) in [5.74, 6) is 12.1. The average Bonchev–Trinajstić information content (AvgIpc) is 3.69. The maximum Gasteiger partial charge on any atom is 0.408 e. The number of amidine groups is 2. The minimum absolute atomic E-state index is 0.0347. The molecule has 0 saturated carbocycles. The number of carbonyl (C=O) groups excluding carboxylic acids is 4. The number of aliphatic imine (C=N–C) groups is 2. The van der Waals surface area contributed by atoms with E-state index < -0.39 is 11.7 Å². The summed E-state index contributed by atoms with van der Waals surface area (Å²) < 4.78 is 9.56. The molecule has 4 rings (SSSR count). The third-order valence-corrected chi connectivity index (χ3v) is 9.01. The van der Waals surface area contributed by atoms with E-state index in [4.69, 9.17) is 21.9 Å². The van der Waals surface area contributed by atoms with Gasteiger partial charge in [0.1, 0.15) is 17.3 Å². The van der Waals surface area contributed by atoms with E-state index in [-0.39, 0.29) is 30.9 Å². The molecule has 3 amide bonds. The Morgan fingerprint density at radius 2 is 1.28 bits per heavy atom. The highest BCUT2D eigenvalue weighted by atomic mass is 32.1. The number of nitrogens with two attached hydrogens (primary N) is 3. The Labute approximate surface area is 344 Å². The van der Waals surface area contributed by atoms with Crippen LogP contribution in [0.15, 0.2) is 44.0 Å². The van der Waals surface area contributed by atoms with Crippen molar-refractivity contribution < 1.29 is 28.7 Å². The van der Waals surface area contributed by atoms with Gasteiger partial charge in [0.05, 0.1) is 53.9 Å². The van der Waals surface area contributed by atoms with Crippen LogP contribution in [0.1, 0.15) is 83.9 Å². The van der Waals surface area contributed by atoms with Crippen LogP contribution >= 0.6 is 22.7 Å². The molecule has 2 aliphatic rings. The van der Waals surface area contributed by atoms with Crippen LogP contribution in [0.25, 0.3) is 12.2 Å². The van der Waals surface area contributed by atoms with Gasteiger partial charge >= 0.3 is 12.1 Å². The second-order valence-electron chi connectivity index (χ2n) is 13.4. The first-order chi connectivity index (χ1) is 27.1. The Morgan fingerprint density at radius 3 is 1.67 bits per heavy atom. The number of nitrogens with one attached hydrogen (secondary N) is 1. The first-order valence-corrected chi connectivity index (χ1v) is 20.4. The van der Waals surface area contributed by atoms with E-state index in [0.717, 1.165) is 34.0 Å². The van der Waals surface area contributed by atoms with Gasteiger partial charge in [-0.3, -0.25) is 14.4 Å². The molecule has 0 radical (unpaired) electrons. The van der Waals surface area contributed by atoms with E-state index in [1.165, 1.54) is 18.3 Å². The topological polar surface area (TPSA) is 208 Å². The SMILES string of the molecule is CCCN(CC#CCN)C(=O)C1=Cc2sccc2N=C(N)C1.CCCN(CC#CCNC(=O)OC(C)(C)C)C(=O)C1=Cc2sccc2N=C(N)C1.CCOC(C)=O. The Balaban J connectivity index is 0.000000353. The minimum atomic E-state index is -0.554. The maximum atomic E-state index is 13.0. The van der Waals surface area contributed by atoms with Crippen LogP contribution in [0.2, 0.25) is 0 Å². The lowest BCUT2D eigenvalue weighted by Gasteiger charge is -2.21. The summed E-state index contributed by atoms with van der Waals surface area (Å²) in [5, 5.41) is 6.45. The van der Waals surface area contributed by atoms with Crippen LogP contribution in [0.5, 0.6) is 0 Å². The van der Waals surface area contributed by atoms with Gasteiger partial charge < -0.3 is 41.8 Å². The molecule has 7 N–H and O–H groups in total. The molecule has 0 atom stereocenters. The van der Waals surface area contributed by atoms with Gasteiger partial charge in [-0.1, -0.05) is 37.5 Å². The van der Waals surface area contributed by atoms with E-state index in [1.54, 1.807) is 48.8 Å². The van der Waals surface area contributed by atoms with Crippen molar-refractivity contribution in [3.8, 4) is 23.7 Å². The third-order valence-electron chi connectivity index (χ3n) is 7.30. The number of alkyl carbamates (subject to hydrolysis) is 1. The Kier molecular flexibility index (Phi) is 20.9. The number of ether oxygens (including phenoxy) is 2. The van der Waals surface area contributed by atoms with E-state index in [9.17, 15) is 19.2 Å². The number of amides is 3. The number of fused-ring (bicyclic) bond motifs is 2. The standard InChI is InChI=1S/C21H28N4O3S.C16H20N4OS.C4H8O2/c1-5-10-25(11-7-6-9-23-20(27)28-21(2,3)4)19(26)15-13-17-16(8-12-29-17)24-18(22)14-15;1-2-7-20(8-4-3-6-17)16(21)12-10-14-13(5-9-22-14)19-15(18)11-12;1-3-6-4(2)5/h8,12-13H,5,9-11,14H2,1-4H3,(H2,22,24)(H,23,27);5,9-10H,2,6-8,11,17H2,1H3,(H2,18,19);3H2,1-2H3. The van der Waals surface area contributed by atoms with E-state index in [0.29, 0.717) is 68.4 Å². The smallest absolute Gasteiger partial charge is 0.408 e. The van der Waals surface area contributed by atoms with Crippen molar-refractivity contribution in [2.75, 3.05) is 45.9 Å². The molecule has 0 unspecified atom stereocenters. The summed E-state index contributed by atoms with van der Waals surface area (Å²) in [6.07, 6.45) is 5.61. The predicted octanol–water partition coefficient (Wildman–Crippen LogP) is 5.58. The van der Waals surface area contributed by atoms with Crippen LogP contribution < -0.4 is 22.5 Å². The lowest BCUT2D eigenvalue weighted by Crippen LogP contribution is -2.34. The molecule has 0 aliphatic carbocycles. The molecule has 2 aromatic heterocycles. The Morgan fingerprint density at radius 1 is 0.807 bits per heavy atom. The number of hydrogen-bond donors (Lipinski definition) is 4. The molecule has 0 fully saturated rings. The fourth-order valence-electron chi connectivity index (χ4n) is 5.02. The summed E-state index contributed by atoms with van der Waals surface area (Å²) in [6.45, 7) is 15.4. The van der Waals surface area contributed by atoms with Gasteiger partial charge in [-0.15, -0.1) is 22.7 Å². The molecule has 2 aromatic rings. The van der Waals surface area contributed by atoms with Gasteiger partial charge in [-0.2, -0.15) is 0 Å². The van der Waals surface area contributed by atoms with Crippen LogP contribution in [0, 0.1) is 23.7 Å². The summed E-state index contributed by atoms with van der Waals surface area (Å²) in [5.41, 5.74) is 19.6. The number of carbonyl (C=O) groups is 4. The third kappa shape index (κ3) is 17.9. The highest BCUT2D eigenvalue weighted by Crippen LogP contribution is 2.32. The molecule has 308 valence electrons. The minimum Gasteiger partial charge on any atom is -0.466 e. The molecular weight excluding hydrogens is 765 g/mol. The highest BCUT2D eigenvalue weighted by molar-refractivity contribution is 7.11. The highest BCUT2D eigenvalue weighted by Gasteiger charge is 2.23. The van der Waals surface area contributed by atoms with Crippen molar-refractivity contribution >= 4 is 81.7 Å². The second-order valence-corrected chi connectivity index (χ2v) is 15.3. The zero-order valence-electron chi connectivity index (χ0n) is 34.0. The molecule has 16 heteroatoms.